The Morgan fingerprint density at radius 1 is 1.00 bits per heavy atom. The monoisotopic (exact) mass is 412 g/mol. The van der Waals surface area contributed by atoms with Gasteiger partial charge in [-0.3, -0.25) is 9.80 Å². The summed E-state index contributed by atoms with van der Waals surface area (Å²) in [6, 6.07) is 16.5. The van der Waals surface area contributed by atoms with Crippen molar-refractivity contribution < 1.29 is 4.52 Å². The number of nitriles is 1. The Morgan fingerprint density at radius 3 is 2.48 bits per heavy atom. The quantitative estimate of drug-likeness (QED) is 0.500. The van der Waals surface area contributed by atoms with Gasteiger partial charge in [0.15, 0.2) is 0 Å². The molecule has 1 aromatic carbocycles. The van der Waals surface area contributed by atoms with Crippen LogP contribution in [0, 0.1) is 18.3 Å². The van der Waals surface area contributed by atoms with Crippen molar-refractivity contribution in [1.29, 1.82) is 5.26 Å². The lowest BCUT2D eigenvalue weighted by molar-refractivity contribution is 0.112. The number of hydrogen-bond acceptors (Lipinski definition) is 6. The summed E-state index contributed by atoms with van der Waals surface area (Å²) in [5.41, 5.74) is 5.01. The van der Waals surface area contributed by atoms with Gasteiger partial charge in [0.2, 0.25) is 11.7 Å². The summed E-state index contributed by atoms with van der Waals surface area (Å²) in [5.74, 6) is 1.29. The number of hydrogen-bond donors (Lipinski definition) is 0. The van der Waals surface area contributed by atoms with E-state index in [2.05, 4.69) is 51.3 Å². The van der Waals surface area contributed by atoms with Gasteiger partial charge in [-0.2, -0.15) is 10.2 Å². The molecule has 0 amide bonds. The standard InChI is InChI=1S/C24H24N6O/c1-18-5-7-19(8-6-18)24-26-23(31-27-24)17-29-12-10-28(11-13-29)15-20-16-30-9-3-2-4-22(30)21(20)14-25/h2-9,16H,10-13,15,17H2,1H3. The second-order valence-corrected chi connectivity index (χ2v) is 8.06. The van der Waals surface area contributed by atoms with Crippen LogP contribution in [-0.2, 0) is 13.1 Å². The van der Waals surface area contributed by atoms with Crippen LogP contribution in [0.15, 0.2) is 59.4 Å². The second-order valence-electron chi connectivity index (χ2n) is 8.06. The van der Waals surface area contributed by atoms with E-state index in [1.165, 1.54) is 5.56 Å². The Labute approximate surface area is 181 Å². The maximum absolute atomic E-state index is 9.63. The average molecular weight is 412 g/mol. The minimum atomic E-state index is 0.637. The summed E-state index contributed by atoms with van der Waals surface area (Å²) in [5, 5.41) is 13.8. The molecule has 4 aromatic rings. The smallest absolute Gasteiger partial charge is 0.241 e. The van der Waals surface area contributed by atoms with Gasteiger partial charge in [-0.1, -0.05) is 41.1 Å². The van der Waals surface area contributed by atoms with Crippen LogP contribution in [0.25, 0.3) is 16.9 Å². The van der Waals surface area contributed by atoms with Crippen molar-refractivity contribution in [2.24, 2.45) is 0 Å². The SMILES string of the molecule is Cc1ccc(-c2noc(CN3CCN(Cc4cn5ccccc5c4C#N)CC3)n2)cc1. The van der Waals surface area contributed by atoms with Gasteiger partial charge in [-0.05, 0) is 19.1 Å². The van der Waals surface area contributed by atoms with Crippen molar-refractivity contribution in [2.75, 3.05) is 26.2 Å². The number of nitrogens with zero attached hydrogens (tertiary/aromatic N) is 6. The van der Waals surface area contributed by atoms with Crippen LogP contribution in [0.2, 0.25) is 0 Å². The Balaban J connectivity index is 1.19. The van der Waals surface area contributed by atoms with Crippen molar-refractivity contribution in [3.8, 4) is 17.5 Å². The number of benzene rings is 1. The van der Waals surface area contributed by atoms with E-state index in [9.17, 15) is 5.26 Å². The zero-order valence-electron chi connectivity index (χ0n) is 17.5. The van der Waals surface area contributed by atoms with Gasteiger partial charge >= 0.3 is 0 Å². The summed E-state index contributed by atoms with van der Waals surface area (Å²) < 4.78 is 7.52. The lowest BCUT2D eigenvalue weighted by Gasteiger charge is -2.33. The first kappa shape index (κ1) is 19.5. The first-order chi connectivity index (χ1) is 15.2. The number of pyridine rings is 1. The molecular weight excluding hydrogens is 388 g/mol. The highest BCUT2D eigenvalue weighted by Crippen LogP contribution is 2.21. The highest BCUT2D eigenvalue weighted by molar-refractivity contribution is 5.65. The maximum Gasteiger partial charge on any atom is 0.241 e. The zero-order valence-corrected chi connectivity index (χ0v) is 17.5. The molecule has 0 N–H and O–H groups in total. The molecule has 0 spiro atoms. The van der Waals surface area contributed by atoms with Crippen LogP contribution in [0.4, 0.5) is 0 Å². The van der Waals surface area contributed by atoms with E-state index in [1.54, 1.807) is 0 Å². The highest BCUT2D eigenvalue weighted by atomic mass is 16.5. The molecule has 1 aliphatic rings. The van der Waals surface area contributed by atoms with Crippen molar-refractivity contribution in [3.63, 3.8) is 0 Å². The number of aromatic nitrogens is 3. The van der Waals surface area contributed by atoms with Crippen LogP contribution in [0.1, 0.15) is 22.6 Å². The van der Waals surface area contributed by atoms with Gasteiger partial charge in [0.25, 0.3) is 0 Å². The number of fused-ring (bicyclic) bond motifs is 1. The first-order valence-corrected chi connectivity index (χ1v) is 10.5. The molecule has 0 saturated carbocycles. The molecule has 156 valence electrons. The fraction of sp³-hybridized carbons (Fsp3) is 0.292. The van der Waals surface area contributed by atoms with Crippen molar-refractivity contribution in [2.45, 2.75) is 20.0 Å². The third-order valence-corrected chi connectivity index (χ3v) is 5.87. The third kappa shape index (κ3) is 4.08. The minimum absolute atomic E-state index is 0.637. The summed E-state index contributed by atoms with van der Waals surface area (Å²) in [6.45, 7) is 7.25. The highest BCUT2D eigenvalue weighted by Gasteiger charge is 2.21. The van der Waals surface area contributed by atoms with Crippen molar-refractivity contribution >= 4 is 5.52 Å². The Bertz CT molecular complexity index is 1230. The summed E-state index contributed by atoms with van der Waals surface area (Å²) in [6.07, 6.45) is 4.07. The molecule has 4 heterocycles. The molecular formula is C24H24N6O. The Morgan fingerprint density at radius 2 is 1.74 bits per heavy atom. The average Bonchev–Trinajstić information content (AvgIpc) is 3.39. The van der Waals surface area contributed by atoms with Crippen LogP contribution < -0.4 is 0 Å². The molecule has 0 bridgehead atoms. The largest absolute Gasteiger partial charge is 0.338 e. The molecule has 3 aromatic heterocycles. The molecule has 7 nitrogen and oxygen atoms in total. The van der Waals surface area contributed by atoms with E-state index < -0.39 is 0 Å². The van der Waals surface area contributed by atoms with Crippen molar-refractivity contribution in [1.82, 2.24) is 24.3 Å². The van der Waals surface area contributed by atoms with Crippen molar-refractivity contribution in [3.05, 3.63) is 77.4 Å². The number of piperazine rings is 1. The molecule has 0 radical (unpaired) electrons. The van der Waals surface area contributed by atoms with E-state index in [0.717, 1.165) is 54.9 Å². The van der Waals surface area contributed by atoms with Gasteiger partial charge in [-0.15, -0.1) is 0 Å². The van der Waals surface area contributed by atoms with E-state index >= 15 is 0 Å². The van der Waals surface area contributed by atoms with E-state index in [0.29, 0.717) is 18.3 Å². The maximum atomic E-state index is 9.63. The Kier molecular flexibility index (Phi) is 5.24. The van der Waals surface area contributed by atoms with Gasteiger partial charge in [0.05, 0.1) is 17.6 Å². The number of aryl methyl sites for hydroxylation is 1. The zero-order chi connectivity index (χ0) is 21.2. The van der Waals surface area contributed by atoms with Gasteiger partial charge in [-0.25, -0.2) is 0 Å². The first-order valence-electron chi connectivity index (χ1n) is 10.5. The van der Waals surface area contributed by atoms with E-state index in [1.807, 2.05) is 40.9 Å². The molecule has 7 heteroatoms. The van der Waals surface area contributed by atoms with Crippen LogP contribution in [0.3, 0.4) is 0 Å². The summed E-state index contributed by atoms with van der Waals surface area (Å²) >= 11 is 0. The Hall–Kier alpha value is -3.47. The fourth-order valence-corrected chi connectivity index (χ4v) is 4.10. The van der Waals surface area contributed by atoms with E-state index in [4.69, 9.17) is 4.52 Å². The van der Waals surface area contributed by atoms with Gasteiger partial charge in [0, 0.05) is 56.2 Å². The molecule has 0 unspecified atom stereocenters. The topological polar surface area (TPSA) is 73.6 Å². The summed E-state index contributed by atoms with van der Waals surface area (Å²) in [4.78, 5) is 9.30. The van der Waals surface area contributed by atoms with Gasteiger partial charge in [0.1, 0.15) is 6.07 Å². The predicted molar refractivity (Wildman–Crippen MR) is 117 cm³/mol. The summed E-state index contributed by atoms with van der Waals surface area (Å²) in [7, 11) is 0. The molecule has 31 heavy (non-hydrogen) atoms. The third-order valence-electron chi connectivity index (χ3n) is 5.87. The second kappa shape index (κ2) is 8.34. The lowest BCUT2D eigenvalue weighted by atomic mass is 10.1. The molecule has 1 fully saturated rings. The normalized spacial score (nSPS) is 15.4. The molecule has 0 aliphatic carbocycles. The molecule has 1 aliphatic heterocycles. The van der Waals surface area contributed by atoms with Crippen LogP contribution >= 0.6 is 0 Å². The lowest BCUT2D eigenvalue weighted by Crippen LogP contribution is -2.45. The van der Waals surface area contributed by atoms with E-state index in [-0.39, 0.29) is 0 Å². The van der Waals surface area contributed by atoms with Gasteiger partial charge < -0.3 is 8.92 Å². The van der Waals surface area contributed by atoms with Crippen LogP contribution in [-0.4, -0.2) is 50.5 Å². The minimum Gasteiger partial charge on any atom is -0.338 e. The molecule has 0 atom stereocenters. The molecule has 5 rings (SSSR count). The molecule has 1 saturated heterocycles. The predicted octanol–water partition coefficient (Wildman–Crippen LogP) is 3.49. The number of rotatable bonds is 5. The fourth-order valence-electron chi connectivity index (χ4n) is 4.10. The van der Waals surface area contributed by atoms with Crippen LogP contribution in [0.5, 0.6) is 0 Å².